The average Bonchev–Trinajstić information content (AvgIpc) is 2.98. The predicted octanol–water partition coefficient (Wildman–Crippen LogP) is 1.76. The number of amides is 1. The van der Waals surface area contributed by atoms with Crippen molar-refractivity contribution in [2.24, 2.45) is 5.73 Å². The highest BCUT2D eigenvalue weighted by Gasteiger charge is 2.34. The fraction of sp³-hybridized carbons (Fsp3) is 0.375. The van der Waals surface area contributed by atoms with E-state index in [9.17, 15) is 4.79 Å². The molecule has 5 nitrogen and oxygen atoms in total. The standard InChI is InChI=1S/C16H20N4O/c17-16(7-3-8-16)11-15(21)18-12-13-5-1-2-6-14(13)20-10-4-9-19-20/h1-2,4-6,9-10H,3,7-8,11-12,17H2,(H,18,21). The van der Waals surface area contributed by atoms with Crippen LogP contribution < -0.4 is 11.1 Å². The molecule has 3 N–H and O–H groups in total. The third kappa shape index (κ3) is 3.13. The molecule has 1 heterocycles. The monoisotopic (exact) mass is 284 g/mol. The molecule has 1 aromatic heterocycles. The lowest BCUT2D eigenvalue weighted by Crippen LogP contribution is -2.49. The van der Waals surface area contributed by atoms with Crippen LogP contribution in [0.3, 0.4) is 0 Å². The molecule has 2 aromatic rings. The Bertz CT molecular complexity index is 617. The van der Waals surface area contributed by atoms with E-state index in [0.29, 0.717) is 13.0 Å². The van der Waals surface area contributed by atoms with E-state index in [2.05, 4.69) is 10.4 Å². The second-order valence-electron chi connectivity index (χ2n) is 5.75. The van der Waals surface area contributed by atoms with Crippen LogP contribution in [0.15, 0.2) is 42.7 Å². The molecule has 5 heteroatoms. The maximum Gasteiger partial charge on any atom is 0.222 e. The fourth-order valence-electron chi connectivity index (χ4n) is 2.68. The highest BCUT2D eigenvalue weighted by Crippen LogP contribution is 2.31. The van der Waals surface area contributed by atoms with Crippen molar-refractivity contribution in [2.75, 3.05) is 0 Å². The van der Waals surface area contributed by atoms with E-state index in [1.807, 2.05) is 36.5 Å². The number of para-hydroxylation sites is 1. The van der Waals surface area contributed by atoms with Crippen LogP contribution in [-0.2, 0) is 11.3 Å². The Labute approximate surface area is 124 Å². The van der Waals surface area contributed by atoms with E-state index < -0.39 is 0 Å². The number of benzene rings is 1. The van der Waals surface area contributed by atoms with Crippen molar-refractivity contribution in [3.63, 3.8) is 0 Å². The Kier molecular flexibility index (Phi) is 3.75. The first-order valence-corrected chi connectivity index (χ1v) is 7.30. The van der Waals surface area contributed by atoms with Crippen molar-refractivity contribution < 1.29 is 4.79 Å². The zero-order valence-corrected chi connectivity index (χ0v) is 12.0. The molecule has 0 radical (unpaired) electrons. The van der Waals surface area contributed by atoms with Gasteiger partial charge in [0.25, 0.3) is 0 Å². The van der Waals surface area contributed by atoms with Gasteiger partial charge in [-0.05, 0) is 37.0 Å². The Morgan fingerprint density at radius 3 is 2.81 bits per heavy atom. The van der Waals surface area contributed by atoms with Crippen LogP contribution in [0.5, 0.6) is 0 Å². The van der Waals surface area contributed by atoms with Gasteiger partial charge in [0.05, 0.1) is 5.69 Å². The van der Waals surface area contributed by atoms with Gasteiger partial charge in [0.1, 0.15) is 0 Å². The lowest BCUT2D eigenvalue weighted by Gasteiger charge is -2.37. The third-order valence-electron chi connectivity index (χ3n) is 4.08. The average molecular weight is 284 g/mol. The number of hydrogen-bond donors (Lipinski definition) is 2. The number of nitrogens with one attached hydrogen (secondary N) is 1. The van der Waals surface area contributed by atoms with Gasteiger partial charge >= 0.3 is 0 Å². The molecule has 0 spiro atoms. The van der Waals surface area contributed by atoms with Crippen LogP contribution in [0.1, 0.15) is 31.2 Å². The van der Waals surface area contributed by atoms with Crippen molar-refractivity contribution in [3.8, 4) is 5.69 Å². The smallest absolute Gasteiger partial charge is 0.222 e. The maximum absolute atomic E-state index is 12.0. The van der Waals surface area contributed by atoms with E-state index in [1.165, 1.54) is 0 Å². The number of rotatable bonds is 5. The van der Waals surface area contributed by atoms with Crippen LogP contribution in [0.25, 0.3) is 5.69 Å². The molecule has 1 aromatic carbocycles. The van der Waals surface area contributed by atoms with Crippen LogP contribution >= 0.6 is 0 Å². The molecule has 3 rings (SSSR count). The minimum Gasteiger partial charge on any atom is -0.352 e. The highest BCUT2D eigenvalue weighted by atomic mass is 16.1. The van der Waals surface area contributed by atoms with Gasteiger partial charge in [0.2, 0.25) is 5.91 Å². The van der Waals surface area contributed by atoms with Gasteiger partial charge in [-0.1, -0.05) is 18.2 Å². The van der Waals surface area contributed by atoms with Gasteiger partial charge in [0.15, 0.2) is 0 Å². The molecular weight excluding hydrogens is 264 g/mol. The fourth-order valence-corrected chi connectivity index (χ4v) is 2.68. The summed E-state index contributed by atoms with van der Waals surface area (Å²) in [5.74, 6) is 0.0208. The molecule has 1 fully saturated rings. The second-order valence-corrected chi connectivity index (χ2v) is 5.75. The van der Waals surface area contributed by atoms with Crippen molar-refractivity contribution in [1.82, 2.24) is 15.1 Å². The highest BCUT2D eigenvalue weighted by molar-refractivity contribution is 5.77. The van der Waals surface area contributed by atoms with Gasteiger partial charge in [-0.15, -0.1) is 0 Å². The largest absolute Gasteiger partial charge is 0.352 e. The molecule has 1 amide bonds. The van der Waals surface area contributed by atoms with E-state index in [-0.39, 0.29) is 11.4 Å². The summed E-state index contributed by atoms with van der Waals surface area (Å²) in [6.45, 7) is 0.491. The first kappa shape index (κ1) is 13.8. The molecule has 1 aliphatic rings. The van der Waals surface area contributed by atoms with Crippen LogP contribution in [0, 0.1) is 0 Å². The zero-order chi connectivity index (χ0) is 14.7. The summed E-state index contributed by atoms with van der Waals surface area (Å²) in [5.41, 5.74) is 7.85. The van der Waals surface area contributed by atoms with Crippen molar-refractivity contribution in [2.45, 2.75) is 37.8 Å². The first-order valence-electron chi connectivity index (χ1n) is 7.30. The van der Waals surface area contributed by atoms with Gasteiger partial charge in [-0.25, -0.2) is 4.68 Å². The van der Waals surface area contributed by atoms with Gasteiger partial charge in [-0.3, -0.25) is 4.79 Å². The molecule has 0 saturated heterocycles. The molecule has 1 saturated carbocycles. The number of aromatic nitrogens is 2. The number of nitrogens with two attached hydrogens (primary N) is 1. The SMILES string of the molecule is NC1(CC(=O)NCc2ccccc2-n2cccn2)CCC1. The summed E-state index contributed by atoms with van der Waals surface area (Å²) < 4.78 is 1.80. The zero-order valence-electron chi connectivity index (χ0n) is 12.0. The summed E-state index contributed by atoms with van der Waals surface area (Å²) in [6, 6.07) is 9.80. The molecule has 110 valence electrons. The van der Waals surface area contributed by atoms with Crippen LogP contribution in [0.4, 0.5) is 0 Å². The number of nitrogens with zero attached hydrogens (tertiary/aromatic N) is 2. The molecule has 0 atom stereocenters. The molecule has 0 aliphatic heterocycles. The molecule has 0 unspecified atom stereocenters. The minimum absolute atomic E-state index is 0.0208. The van der Waals surface area contributed by atoms with Gasteiger partial charge < -0.3 is 11.1 Å². The third-order valence-corrected chi connectivity index (χ3v) is 4.08. The summed E-state index contributed by atoms with van der Waals surface area (Å²) in [4.78, 5) is 12.0. The molecular formula is C16H20N4O. The minimum atomic E-state index is -0.272. The number of hydrogen-bond acceptors (Lipinski definition) is 3. The first-order chi connectivity index (χ1) is 10.2. The van der Waals surface area contributed by atoms with Gasteiger partial charge in [0, 0.05) is 30.9 Å². The maximum atomic E-state index is 12.0. The summed E-state index contributed by atoms with van der Waals surface area (Å²) in [5, 5.41) is 7.21. The molecule has 0 bridgehead atoms. The van der Waals surface area contributed by atoms with Crippen molar-refractivity contribution in [1.29, 1.82) is 0 Å². The number of carbonyl (C=O) groups is 1. The van der Waals surface area contributed by atoms with E-state index in [4.69, 9.17) is 5.73 Å². The topological polar surface area (TPSA) is 72.9 Å². The van der Waals surface area contributed by atoms with Crippen LogP contribution in [-0.4, -0.2) is 21.2 Å². The number of carbonyl (C=O) groups excluding carboxylic acids is 1. The Balaban J connectivity index is 1.64. The summed E-state index contributed by atoms with van der Waals surface area (Å²) >= 11 is 0. The Hall–Kier alpha value is -2.14. The molecule has 21 heavy (non-hydrogen) atoms. The van der Waals surface area contributed by atoms with Gasteiger partial charge in [-0.2, -0.15) is 5.10 Å². The van der Waals surface area contributed by atoms with E-state index in [1.54, 1.807) is 10.9 Å². The Morgan fingerprint density at radius 1 is 1.33 bits per heavy atom. The summed E-state index contributed by atoms with van der Waals surface area (Å²) in [6.07, 6.45) is 7.07. The summed E-state index contributed by atoms with van der Waals surface area (Å²) in [7, 11) is 0. The quantitative estimate of drug-likeness (QED) is 0.878. The van der Waals surface area contributed by atoms with E-state index in [0.717, 1.165) is 30.5 Å². The lowest BCUT2D eigenvalue weighted by molar-refractivity contribution is -0.123. The molecule has 1 aliphatic carbocycles. The van der Waals surface area contributed by atoms with Crippen LogP contribution in [0.2, 0.25) is 0 Å². The normalized spacial score (nSPS) is 16.2. The van der Waals surface area contributed by atoms with E-state index >= 15 is 0 Å². The van der Waals surface area contributed by atoms with Crippen molar-refractivity contribution >= 4 is 5.91 Å². The lowest BCUT2D eigenvalue weighted by atomic mass is 9.75. The Morgan fingerprint density at radius 2 is 2.14 bits per heavy atom. The second kappa shape index (κ2) is 5.69. The van der Waals surface area contributed by atoms with Crippen molar-refractivity contribution in [3.05, 3.63) is 48.3 Å². The predicted molar refractivity (Wildman–Crippen MR) is 80.8 cm³/mol.